The molecule has 1 aromatic heterocycles. The monoisotopic (exact) mass is 222 g/mol. The number of rotatable bonds is 2. The van der Waals surface area contributed by atoms with E-state index in [0.29, 0.717) is 5.92 Å². The third kappa shape index (κ3) is 1.74. The summed E-state index contributed by atoms with van der Waals surface area (Å²) in [5, 5.41) is 0.765. The van der Waals surface area contributed by atoms with E-state index < -0.39 is 0 Å². The van der Waals surface area contributed by atoms with Crippen molar-refractivity contribution >= 4 is 22.6 Å². The van der Waals surface area contributed by atoms with Gasteiger partial charge in [0, 0.05) is 18.0 Å². The maximum Gasteiger partial charge on any atom is 0.112 e. The molecule has 3 heteroatoms. The molecular formula is C12H15ClN2. The van der Waals surface area contributed by atoms with Gasteiger partial charge in [-0.2, -0.15) is 0 Å². The molecule has 0 aliphatic rings. The second kappa shape index (κ2) is 3.86. The van der Waals surface area contributed by atoms with Crippen molar-refractivity contribution in [3.63, 3.8) is 0 Å². The fourth-order valence-corrected chi connectivity index (χ4v) is 1.97. The zero-order chi connectivity index (χ0) is 11.0. The largest absolute Gasteiger partial charge is 0.331 e. The molecule has 15 heavy (non-hydrogen) atoms. The smallest absolute Gasteiger partial charge is 0.112 e. The number of imidazole rings is 1. The fourth-order valence-electron chi connectivity index (χ4n) is 1.80. The van der Waals surface area contributed by atoms with Crippen LogP contribution in [-0.4, -0.2) is 9.55 Å². The summed E-state index contributed by atoms with van der Waals surface area (Å²) >= 11 is 5.97. The lowest BCUT2D eigenvalue weighted by Crippen LogP contribution is -2.01. The van der Waals surface area contributed by atoms with Crippen LogP contribution in [0.2, 0.25) is 5.02 Å². The van der Waals surface area contributed by atoms with E-state index in [2.05, 4.69) is 23.4 Å². The molecule has 0 aliphatic heterocycles. The van der Waals surface area contributed by atoms with Crippen LogP contribution in [0.15, 0.2) is 18.2 Å². The Labute approximate surface area is 94.9 Å². The number of hydrogen-bond donors (Lipinski definition) is 0. The maximum atomic E-state index is 5.97. The number of nitrogens with zero attached hydrogens (tertiary/aromatic N) is 2. The molecule has 0 amide bonds. The van der Waals surface area contributed by atoms with Gasteiger partial charge in [0.2, 0.25) is 0 Å². The number of fused-ring (bicyclic) bond motifs is 1. The predicted molar refractivity (Wildman–Crippen MR) is 64.4 cm³/mol. The lowest BCUT2D eigenvalue weighted by atomic mass is 10.1. The van der Waals surface area contributed by atoms with Gasteiger partial charge in [0.15, 0.2) is 0 Å². The molecule has 0 spiro atoms. The molecule has 0 bridgehead atoms. The van der Waals surface area contributed by atoms with E-state index in [1.54, 1.807) is 0 Å². The minimum atomic E-state index is 0.487. The quantitative estimate of drug-likeness (QED) is 0.757. The summed E-state index contributed by atoms with van der Waals surface area (Å²) in [5.74, 6) is 1.62. The number of aromatic nitrogens is 2. The van der Waals surface area contributed by atoms with E-state index in [1.807, 2.05) is 25.2 Å². The highest BCUT2D eigenvalue weighted by Crippen LogP contribution is 2.24. The Balaban J connectivity index is 2.64. The Morgan fingerprint density at radius 3 is 2.87 bits per heavy atom. The van der Waals surface area contributed by atoms with Crippen molar-refractivity contribution in [2.24, 2.45) is 7.05 Å². The van der Waals surface area contributed by atoms with Crippen molar-refractivity contribution < 1.29 is 0 Å². The summed E-state index contributed by atoms with van der Waals surface area (Å²) in [6.07, 6.45) is 1.10. The topological polar surface area (TPSA) is 17.8 Å². The molecule has 0 saturated carbocycles. The summed E-state index contributed by atoms with van der Waals surface area (Å²) < 4.78 is 2.13. The van der Waals surface area contributed by atoms with Crippen LogP contribution in [0.3, 0.4) is 0 Å². The van der Waals surface area contributed by atoms with Crippen molar-refractivity contribution in [2.75, 3.05) is 0 Å². The van der Waals surface area contributed by atoms with Crippen LogP contribution in [0.4, 0.5) is 0 Å². The van der Waals surface area contributed by atoms with Crippen molar-refractivity contribution in [3.8, 4) is 0 Å². The van der Waals surface area contributed by atoms with Gasteiger partial charge in [0.1, 0.15) is 5.82 Å². The van der Waals surface area contributed by atoms with Gasteiger partial charge < -0.3 is 4.57 Å². The second-order valence-corrected chi connectivity index (χ2v) is 4.41. The van der Waals surface area contributed by atoms with Gasteiger partial charge in [-0.1, -0.05) is 25.4 Å². The highest BCUT2D eigenvalue weighted by molar-refractivity contribution is 6.31. The average molecular weight is 223 g/mol. The van der Waals surface area contributed by atoms with Gasteiger partial charge in [-0.15, -0.1) is 0 Å². The van der Waals surface area contributed by atoms with Crippen molar-refractivity contribution in [3.05, 3.63) is 29.0 Å². The fraction of sp³-hybridized carbons (Fsp3) is 0.417. The lowest BCUT2D eigenvalue weighted by molar-refractivity contribution is 0.649. The molecule has 2 rings (SSSR count). The van der Waals surface area contributed by atoms with Crippen LogP contribution < -0.4 is 0 Å². The first-order valence-corrected chi connectivity index (χ1v) is 5.63. The van der Waals surface area contributed by atoms with Gasteiger partial charge in [0.25, 0.3) is 0 Å². The molecule has 0 radical (unpaired) electrons. The van der Waals surface area contributed by atoms with Crippen LogP contribution in [0, 0.1) is 0 Å². The second-order valence-electron chi connectivity index (χ2n) is 3.97. The van der Waals surface area contributed by atoms with E-state index in [9.17, 15) is 0 Å². The van der Waals surface area contributed by atoms with Crippen molar-refractivity contribution in [1.82, 2.24) is 9.55 Å². The average Bonchev–Trinajstić information content (AvgIpc) is 2.55. The van der Waals surface area contributed by atoms with Gasteiger partial charge in [0.05, 0.1) is 11.0 Å². The number of hydrogen-bond acceptors (Lipinski definition) is 1. The Morgan fingerprint density at radius 2 is 2.20 bits per heavy atom. The first-order chi connectivity index (χ1) is 7.13. The molecule has 0 N–H and O–H groups in total. The SMILES string of the molecule is CCC(C)c1nc2ccc(Cl)cc2n1C. The highest BCUT2D eigenvalue weighted by Gasteiger charge is 2.12. The molecule has 2 aromatic rings. The molecule has 0 aliphatic carbocycles. The molecule has 1 atom stereocenters. The molecule has 80 valence electrons. The molecule has 1 unspecified atom stereocenters. The third-order valence-corrected chi connectivity index (χ3v) is 3.17. The van der Waals surface area contributed by atoms with Gasteiger partial charge >= 0.3 is 0 Å². The van der Waals surface area contributed by atoms with E-state index in [-0.39, 0.29) is 0 Å². The van der Waals surface area contributed by atoms with Crippen LogP contribution >= 0.6 is 11.6 Å². The minimum absolute atomic E-state index is 0.487. The first-order valence-electron chi connectivity index (χ1n) is 5.25. The zero-order valence-electron chi connectivity index (χ0n) is 9.29. The summed E-state index contributed by atoms with van der Waals surface area (Å²) in [7, 11) is 2.05. The Kier molecular flexibility index (Phi) is 2.70. The third-order valence-electron chi connectivity index (χ3n) is 2.93. The summed E-state index contributed by atoms with van der Waals surface area (Å²) in [6, 6.07) is 5.83. The number of benzene rings is 1. The standard InChI is InChI=1S/C12H15ClN2/c1-4-8(2)12-14-10-6-5-9(13)7-11(10)15(12)3/h5-8H,4H2,1-3H3. The van der Waals surface area contributed by atoms with Crippen LogP contribution in [0.5, 0.6) is 0 Å². The predicted octanol–water partition coefficient (Wildman–Crippen LogP) is 3.74. The molecular weight excluding hydrogens is 208 g/mol. The van der Waals surface area contributed by atoms with Gasteiger partial charge in [-0.3, -0.25) is 0 Å². The molecule has 0 saturated heterocycles. The highest BCUT2D eigenvalue weighted by atomic mass is 35.5. The van der Waals surface area contributed by atoms with Crippen LogP contribution in [-0.2, 0) is 7.05 Å². The lowest BCUT2D eigenvalue weighted by Gasteiger charge is -2.07. The van der Waals surface area contributed by atoms with Crippen LogP contribution in [0.1, 0.15) is 32.0 Å². The van der Waals surface area contributed by atoms with Gasteiger partial charge in [-0.05, 0) is 24.6 Å². The normalized spacial score (nSPS) is 13.3. The Hall–Kier alpha value is -1.02. The first kappa shape index (κ1) is 10.5. The van der Waals surface area contributed by atoms with E-state index in [0.717, 1.165) is 28.3 Å². The molecule has 2 nitrogen and oxygen atoms in total. The molecule has 1 aromatic carbocycles. The Bertz CT molecular complexity index is 488. The molecule has 1 heterocycles. The maximum absolute atomic E-state index is 5.97. The van der Waals surface area contributed by atoms with E-state index in [1.165, 1.54) is 0 Å². The van der Waals surface area contributed by atoms with E-state index >= 15 is 0 Å². The number of halogens is 1. The minimum Gasteiger partial charge on any atom is -0.331 e. The van der Waals surface area contributed by atoms with Crippen LogP contribution in [0.25, 0.3) is 11.0 Å². The summed E-state index contributed by atoms with van der Waals surface area (Å²) in [6.45, 7) is 4.37. The summed E-state index contributed by atoms with van der Waals surface area (Å²) in [5.41, 5.74) is 2.13. The van der Waals surface area contributed by atoms with Gasteiger partial charge in [-0.25, -0.2) is 4.98 Å². The number of aryl methyl sites for hydroxylation is 1. The van der Waals surface area contributed by atoms with E-state index in [4.69, 9.17) is 11.6 Å². The van der Waals surface area contributed by atoms with Crippen molar-refractivity contribution in [2.45, 2.75) is 26.2 Å². The summed E-state index contributed by atoms with van der Waals surface area (Å²) in [4.78, 5) is 4.63. The van der Waals surface area contributed by atoms with Crippen molar-refractivity contribution in [1.29, 1.82) is 0 Å². The Morgan fingerprint density at radius 1 is 1.47 bits per heavy atom. The molecule has 0 fully saturated rings. The zero-order valence-corrected chi connectivity index (χ0v) is 10.0.